The molecule has 1 N–H and O–H groups in total. The molecule has 1 heterocycles. The van der Waals surface area contributed by atoms with Gasteiger partial charge in [-0.05, 0) is 23.1 Å². The SMILES string of the molecule is CC(C)(C)c1cccc(Oc2nc(CO)co2)c1. The summed E-state index contributed by atoms with van der Waals surface area (Å²) in [7, 11) is 0. The predicted molar refractivity (Wildman–Crippen MR) is 67.6 cm³/mol. The maximum absolute atomic E-state index is 8.89. The molecule has 0 amide bonds. The van der Waals surface area contributed by atoms with Crippen molar-refractivity contribution in [2.75, 3.05) is 0 Å². The molecule has 0 aliphatic rings. The molecule has 0 radical (unpaired) electrons. The largest absolute Gasteiger partial charge is 0.417 e. The number of nitrogens with zero attached hydrogens (tertiary/aromatic N) is 1. The van der Waals surface area contributed by atoms with Crippen LogP contribution in [0, 0.1) is 0 Å². The molecule has 2 aromatic rings. The zero-order valence-corrected chi connectivity index (χ0v) is 10.8. The van der Waals surface area contributed by atoms with Gasteiger partial charge in [0.1, 0.15) is 17.7 Å². The second-order valence-electron chi connectivity index (χ2n) is 5.14. The topological polar surface area (TPSA) is 55.5 Å². The molecule has 18 heavy (non-hydrogen) atoms. The van der Waals surface area contributed by atoms with Crippen LogP contribution in [0.25, 0.3) is 0 Å². The summed E-state index contributed by atoms with van der Waals surface area (Å²) in [6, 6.07) is 7.80. The summed E-state index contributed by atoms with van der Waals surface area (Å²) in [5.41, 5.74) is 1.69. The molecule has 96 valence electrons. The quantitative estimate of drug-likeness (QED) is 0.904. The number of aliphatic hydroxyl groups is 1. The van der Waals surface area contributed by atoms with E-state index in [1.807, 2.05) is 18.2 Å². The second-order valence-corrected chi connectivity index (χ2v) is 5.14. The molecule has 4 nitrogen and oxygen atoms in total. The summed E-state index contributed by atoms with van der Waals surface area (Å²) < 4.78 is 10.6. The van der Waals surface area contributed by atoms with E-state index < -0.39 is 0 Å². The Morgan fingerprint density at radius 3 is 2.72 bits per heavy atom. The van der Waals surface area contributed by atoms with Crippen LogP contribution in [0.2, 0.25) is 0 Å². The highest BCUT2D eigenvalue weighted by Gasteiger charge is 2.14. The highest BCUT2D eigenvalue weighted by atomic mass is 16.6. The van der Waals surface area contributed by atoms with Crippen LogP contribution in [-0.4, -0.2) is 10.1 Å². The minimum atomic E-state index is -0.158. The summed E-state index contributed by atoms with van der Waals surface area (Å²) >= 11 is 0. The third-order valence-corrected chi connectivity index (χ3v) is 2.60. The lowest BCUT2D eigenvalue weighted by molar-refractivity contribution is 0.276. The number of hydrogen-bond acceptors (Lipinski definition) is 4. The van der Waals surface area contributed by atoms with E-state index in [9.17, 15) is 0 Å². The Kier molecular flexibility index (Phi) is 3.39. The Morgan fingerprint density at radius 1 is 1.33 bits per heavy atom. The molecule has 1 aromatic carbocycles. The Morgan fingerprint density at radius 2 is 2.11 bits per heavy atom. The normalized spacial score (nSPS) is 11.6. The fraction of sp³-hybridized carbons (Fsp3) is 0.357. The van der Waals surface area contributed by atoms with E-state index in [-0.39, 0.29) is 18.1 Å². The molecule has 0 aliphatic carbocycles. The van der Waals surface area contributed by atoms with E-state index in [0.717, 1.165) is 0 Å². The van der Waals surface area contributed by atoms with E-state index >= 15 is 0 Å². The number of rotatable bonds is 3. The van der Waals surface area contributed by atoms with Gasteiger partial charge in [0.25, 0.3) is 0 Å². The van der Waals surface area contributed by atoms with E-state index in [1.165, 1.54) is 11.8 Å². The summed E-state index contributed by atoms with van der Waals surface area (Å²) in [4.78, 5) is 3.98. The van der Waals surface area contributed by atoms with Gasteiger partial charge in [-0.3, -0.25) is 0 Å². The fourth-order valence-electron chi connectivity index (χ4n) is 1.53. The number of oxazole rings is 1. The summed E-state index contributed by atoms with van der Waals surface area (Å²) in [6.45, 7) is 6.26. The molecular weight excluding hydrogens is 230 g/mol. The highest BCUT2D eigenvalue weighted by molar-refractivity contribution is 5.33. The van der Waals surface area contributed by atoms with E-state index in [1.54, 1.807) is 0 Å². The Hall–Kier alpha value is -1.81. The molecule has 1 aromatic heterocycles. The first-order valence-corrected chi connectivity index (χ1v) is 5.83. The van der Waals surface area contributed by atoms with Crippen molar-refractivity contribution >= 4 is 0 Å². The molecule has 0 saturated carbocycles. The van der Waals surface area contributed by atoms with Crippen molar-refractivity contribution in [3.05, 3.63) is 41.8 Å². The third-order valence-electron chi connectivity index (χ3n) is 2.60. The summed E-state index contributed by atoms with van der Waals surface area (Å²) in [5.74, 6) is 0.675. The molecule has 0 spiro atoms. The molecule has 2 rings (SSSR count). The number of aliphatic hydroxyl groups excluding tert-OH is 1. The van der Waals surface area contributed by atoms with Gasteiger partial charge in [-0.15, -0.1) is 0 Å². The number of hydrogen-bond donors (Lipinski definition) is 1. The first kappa shape index (κ1) is 12.6. The van der Waals surface area contributed by atoms with Crippen molar-refractivity contribution < 1.29 is 14.3 Å². The van der Waals surface area contributed by atoms with Gasteiger partial charge in [-0.25, -0.2) is 0 Å². The van der Waals surface area contributed by atoms with Crippen LogP contribution in [0.3, 0.4) is 0 Å². The predicted octanol–water partition coefficient (Wildman–Crippen LogP) is 3.26. The molecule has 4 heteroatoms. The Balaban J connectivity index is 2.19. The van der Waals surface area contributed by atoms with Gasteiger partial charge in [0.05, 0.1) is 6.61 Å². The van der Waals surface area contributed by atoms with Crippen LogP contribution < -0.4 is 4.74 Å². The van der Waals surface area contributed by atoms with Gasteiger partial charge in [0, 0.05) is 0 Å². The Bertz CT molecular complexity index is 526. The zero-order valence-electron chi connectivity index (χ0n) is 10.8. The van der Waals surface area contributed by atoms with Crippen molar-refractivity contribution in [1.29, 1.82) is 0 Å². The molecular formula is C14H17NO3. The van der Waals surface area contributed by atoms with Crippen molar-refractivity contribution in [2.24, 2.45) is 0 Å². The lowest BCUT2D eigenvalue weighted by atomic mass is 9.87. The maximum atomic E-state index is 8.89. The smallest absolute Gasteiger partial charge is 0.399 e. The number of benzene rings is 1. The lowest BCUT2D eigenvalue weighted by Crippen LogP contribution is -2.10. The molecule has 0 fully saturated rings. The molecule has 0 saturated heterocycles. The van der Waals surface area contributed by atoms with E-state index in [4.69, 9.17) is 14.3 Å². The van der Waals surface area contributed by atoms with Gasteiger partial charge in [-0.1, -0.05) is 32.9 Å². The zero-order chi connectivity index (χ0) is 13.2. The first-order valence-electron chi connectivity index (χ1n) is 5.83. The lowest BCUT2D eigenvalue weighted by Gasteiger charge is -2.19. The highest BCUT2D eigenvalue weighted by Crippen LogP contribution is 2.28. The molecule has 0 atom stereocenters. The van der Waals surface area contributed by atoms with Gasteiger partial charge in [0.2, 0.25) is 0 Å². The number of ether oxygens (including phenoxy) is 1. The van der Waals surface area contributed by atoms with E-state index in [0.29, 0.717) is 11.4 Å². The van der Waals surface area contributed by atoms with Gasteiger partial charge < -0.3 is 14.3 Å². The standard InChI is InChI=1S/C14H17NO3/c1-14(2,3)10-5-4-6-12(7-10)18-13-15-11(8-16)9-17-13/h4-7,9,16H,8H2,1-3H3. The fourth-order valence-corrected chi connectivity index (χ4v) is 1.53. The van der Waals surface area contributed by atoms with Crippen molar-refractivity contribution in [3.63, 3.8) is 0 Å². The molecule has 0 unspecified atom stereocenters. The van der Waals surface area contributed by atoms with Crippen LogP contribution in [0.5, 0.6) is 11.8 Å². The van der Waals surface area contributed by atoms with Crippen LogP contribution in [0.15, 0.2) is 34.9 Å². The average Bonchev–Trinajstić information content (AvgIpc) is 2.76. The first-order chi connectivity index (χ1) is 8.49. The summed E-state index contributed by atoms with van der Waals surface area (Å²) in [6.07, 6.45) is 1.52. The van der Waals surface area contributed by atoms with Crippen LogP contribution in [-0.2, 0) is 12.0 Å². The Labute approximate surface area is 106 Å². The number of aromatic nitrogens is 1. The van der Waals surface area contributed by atoms with Crippen LogP contribution >= 0.6 is 0 Å². The summed E-state index contributed by atoms with van der Waals surface area (Å²) in [5, 5.41) is 8.89. The second kappa shape index (κ2) is 4.82. The molecule has 0 aliphatic heterocycles. The minimum absolute atomic E-state index is 0.0617. The van der Waals surface area contributed by atoms with E-state index in [2.05, 4.69) is 31.8 Å². The van der Waals surface area contributed by atoms with Crippen molar-refractivity contribution in [3.8, 4) is 11.8 Å². The van der Waals surface area contributed by atoms with Crippen LogP contribution in [0.4, 0.5) is 0 Å². The van der Waals surface area contributed by atoms with Gasteiger partial charge in [-0.2, -0.15) is 4.98 Å². The van der Waals surface area contributed by atoms with Gasteiger partial charge >= 0.3 is 6.08 Å². The van der Waals surface area contributed by atoms with Gasteiger partial charge in [0.15, 0.2) is 0 Å². The third kappa shape index (κ3) is 2.90. The van der Waals surface area contributed by atoms with Crippen LogP contribution in [0.1, 0.15) is 32.0 Å². The van der Waals surface area contributed by atoms with Crippen molar-refractivity contribution in [2.45, 2.75) is 32.8 Å². The minimum Gasteiger partial charge on any atom is -0.417 e. The maximum Gasteiger partial charge on any atom is 0.399 e. The molecule has 0 bridgehead atoms. The monoisotopic (exact) mass is 247 g/mol. The average molecular weight is 247 g/mol. The van der Waals surface area contributed by atoms with Crippen molar-refractivity contribution in [1.82, 2.24) is 4.98 Å².